The third kappa shape index (κ3) is 5.37. The number of piperazine rings is 1. The van der Waals surface area contributed by atoms with E-state index in [1.807, 2.05) is 0 Å². The molecule has 0 aliphatic carbocycles. The molecule has 2 aromatic carbocycles. The van der Waals surface area contributed by atoms with Crippen molar-refractivity contribution in [1.29, 1.82) is 0 Å². The monoisotopic (exact) mass is 444 g/mol. The van der Waals surface area contributed by atoms with E-state index in [-0.39, 0.29) is 16.9 Å². The van der Waals surface area contributed by atoms with Crippen LogP contribution >= 0.6 is 15.9 Å². The van der Waals surface area contributed by atoms with Gasteiger partial charge in [-0.05, 0) is 36.4 Å². The van der Waals surface area contributed by atoms with Crippen molar-refractivity contribution in [3.63, 3.8) is 0 Å². The quantitative estimate of drug-likeness (QED) is 0.740. The number of anilines is 1. The van der Waals surface area contributed by atoms with Gasteiger partial charge in [0.05, 0.1) is 0 Å². The third-order valence-electron chi connectivity index (χ3n) is 4.42. The first kappa shape index (κ1) is 20.0. The predicted molar refractivity (Wildman–Crippen MR) is 101 cm³/mol. The second-order valence-corrected chi connectivity index (χ2v) is 7.34. The molecule has 0 unspecified atom stereocenters. The van der Waals surface area contributed by atoms with Crippen LogP contribution in [0.5, 0.6) is 5.75 Å². The van der Waals surface area contributed by atoms with E-state index < -0.39 is 23.5 Å². The zero-order valence-corrected chi connectivity index (χ0v) is 16.1. The fourth-order valence-electron chi connectivity index (χ4n) is 3.04. The van der Waals surface area contributed by atoms with E-state index in [1.54, 1.807) is 12.1 Å². The Balaban J connectivity index is 1.46. The highest BCUT2D eigenvalue weighted by Crippen LogP contribution is 2.26. The van der Waals surface area contributed by atoms with Crippen molar-refractivity contribution in [2.75, 3.05) is 44.2 Å². The van der Waals surface area contributed by atoms with Crippen molar-refractivity contribution in [2.24, 2.45) is 0 Å². The highest BCUT2D eigenvalue weighted by Gasteiger charge is 2.21. The van der Waals surface area contributed by atoms with Crippen LogP contribution in [-0.2, 0) is 0 Å². The summed E-state index contributed by atoms with van der Waals surface area (Å²) in [5.74, 6) is -2.39. The number of aliphatic hydroxyl groups is 1. The van der Waals surface area contributed by atoms with E-state index in [0.29, 0.717) is 6.54 Å². The highest BCUT2D eigenvalue weighted by atomic mass is 79.9. The van der Waals surface area contributed by atoms with Crippen molar-refractivity contribution in [1.82, 2.24) is 4.90 Å². The van der Waals surface area contributed by atoms with E-state index in [9.17, 15) is 18.3 Å². The fraction of sp³-hybridized carbons (Fsp3) is 0.368. The van der Waals surface area contributed by atoms with Gasteiger partial charge in [0, 0.05) is 42.9 Å². The van der Waals surface area contributed by atoms with Crippen molar-refractivity contribution >= 4 is 21.6 Å². The van der Waals surface area contributed by atoms with Gasteiger partial charge in [-0.15, -0.1) is 0 Å². The molecule has 0 aromatic heterocycles. The summed E-state index contributed by atoms with van der Waals surface area (Å²) >= 11 is 3.00. The Morgan fingerprint density at radius 2 is 1.59 bits per heavy atom. The summed E-state index contributed by atoms with van der Waals surface area (Å²) in [6.45, 7) is 3.07. The summed E-state index contributed by atoms with van der Waals surface area (Å²) < 4.78 is 45.9. The smallest absolute Gasteiger partial charge is 0.190 e. The average Bonchev–Trinajstić information content (AvgIpc) is 2.62. The number of aliphatic hydroxyl groups excluding tert-OH is 1. The first-order valence-corrected chi connectivity index (χ1v) is 9.40. The molecule has 2 aromatic rings. The van der Waals surface area contributed by atoms with Crippen molar-refractivity contribution < 1.29 is 23.0 Å². The van der Waals surface area contributed by atoms with Crippen LogP contribution in [0.2, 0.25) is 0 Å². The molecular weight excluding hydrogens is 425 g/mol. The Morgan fingerprint density at radius 3 is 2.19 bits per heavy atom. The molecule has 1 aliphatic heterocycles. The Hall–Kier alpha value is -1.77. The molecule has 0 saturated carbocycles. The minimum atomic E-state index is -0.871. The molecule has 8 heteroatoms. The summed E-state index contributed by atoms with van der Waals surface area (Å²) in [7, 11) is 0. The zero-order valence-electron chi connectivity index (χ0n) is 14.5. The number of nitrogens with zero attached hydrogens (tertiary/aromatic N) is 2. The summed E-state index contributed by atoms with van der Waals surface area (Å²) in [5, 5.41) is 10.1. The third-order valence-corrected chi connectivity index (χ3v) is 4.87. The molecule has 146 valence electrons. The van der Waals surface area contributed by atoms with Crippen molar-refractivity contribution in [3.8, 4) is 5.75 Å². The number of benzene rings is 2. The Labute approximate surface area is 164 Å². The second kappa shape index (κ2) is 8.95. The van der Waals surface area contributed by atoms with E-state index >= 15 is 0 Å². The maximum atomic E-state index is 13.7. The largest absolute Gasteiger partial charge is 0.485 e. The van der Waals surface area contributed by atoms with Gasteiger partial charge in [0.2, 0.25) is 0 Å². The first-order valence-electron chi connectivity index (χ1n) is 8.60. The van der Waals surface area contributed by atoms with Crippen LogP contribution in [-0.4, -0.2) is 55.4 Å². The number of rotatable bonds is 6. The number of halogens is 4. The van der Waals surface area contributed by atoms with E-state index in [4.69, 9.17) is 4.74 Å². The lowest BCUT2D eigenvalue weighted by Gasteiger charge is -2.36. The minimum Gasteiger partial charge on any atom is -0.485 e. The Bertz CT molecular complexity index is 745. The maximum Gasteiger partial charge on any atom is 0.190 e. The molecule has 0 radical (unpaired) electrons. The topological polar surface area (TPSA) is 35.9 Å². The van der Waals surface area contributed by atoms with Gasteiger partial charge in [-0.1, -0.05) is 15.9 Å². The molecule has 1 N–H and O–H groups in total. The van der Waals surface area contributed by atoms with Gasteiger partial charge in [0.25, 0.3) is 0 Å². The average molecular weight is 445 g/mol. The standard InChI is InChI=1S/C19H20BrF3N2O2/c20-13-9-17(22)19(18(23)10-13)27-12-16(26)11-24-5-7-25(8-6-24)15-3-1-14(21)2-4-15/h1-4,9-10,16,26H,5-8,11-12H2/t16-/m1/s1. The summed E-state index contributed by atoms with van der Waals surface area (Å²) in [6, 6.07) is 8.58. The minimum absolute atomic E-state index is 0.201. The van der Waals surface area contributed by atoms with Crippen LogP contribution in [0, 0.1) is 17.5 Å². The lowest BCUT2D eigenvalue weighted by atomic mass is 10.2. The number of hydrogen-bond donors (Lipinski definition) is 1. The summed E-state index contributed by atoms with van der Waals surface area (Å²) in [6.07, 6.45) is -0.871. The lowest BCUT2D eigenvalue weighted by Crippen LogP contribution is -2.49. The van der Waals surface area contributed by atoms with E-state index in [1.165, 1.54) is 12.1 Å². The van der Waals surface area contributed by atoms with Gasteiger partial charge in [-0.3, -0.25) is 4.90 Å². The number of ether oxygens (including phenoxy) is 1. The van der Waals surface area contributed by atoms with Gasteiger partial charge in [0.1, 0.15) is 18.5 Å². The first-order chi connectivity index (χ1) is 12.9. The number of β-amino-alcohol motifs (C(OH)–C–C–N with tert-alkyl or cyclic N) is 1. The predicted octanol–water partition coefficient (Wildman–Crippen LogP) is 3.43. The molecule has 1 saturated heterocycles. The van der Waals surface area contributed by atoms with Crippen LogP contribution in [0.15, 0.2) is 40.9 Å². The molecular formula is C19H20BrF3N2O2. The van der Waals surface area contributed by atoms with Gasteiger partial charge in [0.15, 0.2) is 17.4 Å². The lowest BCUT2D eigenvalue weighted by molar-refractivity contribution is 0.0634. The number of hydrogen-bond acceptors (Lipinski definition) is 4. The van der Waals surface area contributed by atoms with Gasteiger partial charge in [-0.25, -0.2) is 13.2 Å². The van der Waals surface area contributed by atoms with Gasteiger partial charge in [-0.2, -0.15) is 0 Å². The molecule has 0 spiro atoms. The molecule has 1 aliphatic rings. The Morgan fingerprint density at radius 1 is 1.00 bits per heavy atom. The molecule has 4 nitrogen and oxygen atoms in total. The maximum absolute atomic E-state index is 13.7. The fourth-order valence-corrected chi connectivity index (χ4v) is 3.44. The molecule has 1 atom stereocenters. The van der Waals surface area contributed by atoms with Gasteiger partial charge >= 0.3 is 0 Å². The Kier molecular flexibility index (Phi) is 6.62. The molecule has 1 heterocycles. The highest BCUT2D eigenvalue weighted by molar-refractivity contribution is 9.10. The van der Waals surface area contributed by atoms with Crippen molar-refractivity contribution in [3.05, 3.63) is 58.3 Å². The summed E-state index contributed by atoms with van der Waals surface area (Å²) in [4.78, 5) is 4.20. The van der Waals surface area contributed by atoms with Crippen LogP contribution in [0.4, 0.5) is 18.9 Å². The van der Waals surface area contributed by atoms with E-state index in [0.717, 1.165) is 44.0 Å². The van der Waals surface area contributed by atoms with Crippen LogP contribution in [0.3, 0.4) is 0 Å². The molecule has 3 rings (SSSR count). The zero-order chi connectivity index (χ0) is 19.4. The van der Waals surface area contributed by atoms with E-state index in [2.05, 4.69) is 25.7 Å². The van der Waals surface area contributed by atoms with Crippen LogP contribution in [0.1, 0.15) is 0 Å². The van der Waals surface area contributed by atoms with Gasteiger partial charge < -0.3 is 14.7 Å². The van der Waals surface area contributed by atoms with Crippen LogP contribution in [0.25, 0.3) is 0 Å². The SMILES string of the molecule is O[C@@H](COc1c(F)cc(Br)cc1F)CN1CCN(c2ccc(F)cc2)CC1. The molecule has 0 amide bonds. The molecule has 0 bridgehead atoms. The summed E-state index contributed by atoms with van der Waals surface area (Å²) in [5.41, 5.74) is 0.959. The van der Waals surface area contributed by atoms with Crippen LogP contribution < -0.4 is 9.64 Å². The second-order valence-electron chi connectivity index (χ2n) is 6.43. The molecule has 1 fully saturated rings. The molecule has 27 heavy (non-hydrogen) atoms. The van der Waals surface area contributed by atoms with Crippen molar-refractivity contribution in [2.45, 2.75) is 6.10 Å². The normalized spacial score (nSPS) is 16.4.